The standard InChI is InChI=1S/C9H17NO3/c1-7(11)4-10(5-8(2)12)6-9(3)13/h7,11H,4-6H2,1-3H3. The van der Waals surface area contributed by atoms with Crippen molar-refractivity contribution < 1.29 is 14.7 Å². The molecule has 0 amide bonds. The lowest BCUT2D eigenvalue weighted by Crippen LogP contribution is -2.37. The van der Waals surface area contributed by atoms with E-state index in [1.807, 2.05) is 0 Å². The van der Waals surface area contributed by atoms with Crippen LogP contribution in [0.3, 0.4) is 0 Å². The van der Waals surface area contributed by atoms with Crippen LogP contribution in [0.25, 0.3) is 0 Å². The number of carbonyl (C=O) groups excluding carboxylic acids is 2. The van der Waals surface area contributed by atoms with Crippen molar-refractivity contribution in [2.45, 2.75) is 26.9 Å². The number of rotatable bonds is 6. The second-order valence-corrected chi connectivity index (χ2v) is 3.42. The molecule has 0 spiro atoms. The maximum atomic E-state index is 10.8. The molecule has 13 heavy (non-hydrogen) atoms. The van der Waals surface area contributed by atoms with Crippen LogP contribution < -0.4 is 0 Å². The summed E-state index contributed by atoms with van der Waals surface area (Å²) in [6.07, 6.45) is -0.515. The summed E-state index contributed by atoms with van der Waals surface area (Å²) < 4.78 is 0. The van der Waals surface area contributed by atoms with Crippen LogP contribution in [-0.2, 0) is 9.59 Å². The smallest absolute Gasteiger partial charge is 0.143 e. The van der Waals surface area contributed by atoms with Crippen LogP contribution in [0.4, 0.5) is 0 Å². The fourth-order valence-corrected chi connectivity index (χ4v) is 1.19. The summed E-state index contributed by atoms with van der Waals surface area (Å²) in [5.74, 6) is 0.00352. The van der Waals surface area contributed by atoms with Crippen LogP contribution >= 0.6 is 0 Å². The van der Waals surface area contributed by atoms with E-state index in [1.54, 1.807) is 11.8 Å². The first-order valence-corrected chi connectivity index (χ1v) is 4.31. The maximum Gasteiger partial charge on any atom is 0.143 e. The Morgan fingerprint density at radius 3 is 1.85 bits per heavy atom. The van der Waals surface area contributed by atoms with Gasteiger partial charge in [0.05, 0.1) is 19.2 Å². The summed E-state index contributed by atoms with van der Waals surface area (Å²) in [7, 11) is 0. The van der Waals surface area contributed by atoms with Gasteiger partial charge in [0.2, 0.25) is 0 Å². The first-order chi connectivity index (χ1) is 5.91. The van der Waals surface area contributed by atoms with E-state index in [-0.39, 0.29) is 24.7 Å². The zero-order chi connectivity index (χ0) is 10.4. The number of nitrogens with zero attached hydrogens (tertiary/aromatic N) is 1. The fraction of sp³-hybridized carbons (Fsp3) is 0.778. The van der Waals surface area contributed by atoms with E-state index in [4.69, 9.17) is 5.11 Å². The van der Waals surface area contributed by atoms with Gasteiger partial charge >= 0.3 is 0 Å². The van der Waals surface area contributed by atoms with Crippen LogP contribution in [0.15, 0.2) is 0 Å². The Balaban J connectivity index is 4.02. The third-order valence-electron chi connectivity index (χ3n) is 1.41. The van der Waals surface area contributed by atoms with E-state index >= 15 is 0 Å². The minimum atomic E-state index is -0.515. The minimum absolute atomic E-state index is 0.00176. The first-order valence-electron chi connectivity index (χ1n) is 4.31. The highest BCUT2D eigenvalue weighted by molar-refractivity contribution is 5.80. The van der Waals surface area contributed by atoms with E-state index in [2.05, 4.69) is 0 Å². The average molecular weight is 187 g/mol. The van der Waals surface area contributed by atoms with Crippen molar-refractivity contribution in [2.24, 2.45) is 0 Å². The predicted molar refractivity (Wildman–Crippen MR) is 49.5 cm³/mol. The van der Waals surface area contributed by atoms with Gasteiger partial charge in [0.25, 0.3) is 0 Å². The van der Waals surface area contributed by atoms with Crippen LogP contribution in [0.1, 0.15) is 20.8 Å². The monoisotopic (exact) mass is 187 g/mol. The molecule has 0 aromatic heterocycles. The molecule has 0 rings (SSSR count). The Kier molecular flexibility index (Phi) is 5.50. The van der Waals surface area contributed by atoms with Gasteiger partial charge in [-0.3, -0.25) is 14.5 Å². The number of ketones is 2. The van der Waals surface area contributed by atoms with Gasteiger partial charge in [0, 0.05) is 6.54 Å². The highest BCUT2D eigenvalue weighted by Gasteiger charge is 2.11. The van der Waals surface area contributed by atoms with Crippen LogP contribution in [-0.4, -0.2) is 47.3 Å². The number of hydrogen-bond acceptors (Lipinski definition) is 4. The van der Waals surface area contributed by atoms with Gasteiger partial charge in [-0.1, -0.05) is 0 Å². The van der Waals surface area contributed by atoms with E-state index in [0.29, 0.717) is 6.54 Å². The number of Topliss-reactive ketones (excluding diaryl/α,β-unsaturated/α-hetero) is 2. The molecule has 76 valence electrons. The third kappa shape index (κ3) is 7.62. The fourth-order valence-electron chi connectivity index (χ4n) is 1.19. The molecule has 0 saturated carbocycles. The van der Waals surface area contributed by atoms with Crippen molar-refractivity contribution in [2.75, 3.05) is 19.6 Å². The lowest BCUT2D eigenvalue weighted by Gasteiger charge is -2.20. The molecular weight excluding hydrogens is 170 g/mol. The van der Waals surface area contributed by atoms with Crippen LogP contribution in [0, 0.1) is 0 Å². The van der Waals surface area contributed by atoms with Gasteiger partial charge in [-0.2, -0.15) is 0 Å². The highest BCUT2D eigenvalue weighted by Crippen LogP contribution is 1.93. The number of hydrogen-bond donors (Lipinski definition) is 1. The quantitative estimate of drug-likeness (QED) is 0.628. The van der Waals surface area contributed by atoms with Crippen molar-refractivity contribution >= 4 is 11.6 Å². The SMILES string of the molecule is CC(=O)CN(CC(C)=O)CC(C)O. The topological polar surface area (TPSA) is 57.6 Å². The molecule has 0 aliphatic rings. The lowest BCUT2D eigenvalue weighted by atomic mass is 10.3. The van der Waals surface area contributed by atoms with Gasteiger partial charge in [-0.25, -0.2) is 0 Å². The summed E-state index contributed by atoms with van der Waals surface area (Å²) in [5.41, 5.74) is 0. The summed E-state index contributed by atoms with van der Waals surface area (Å²) in [5, 5.41) is 9.08. The molecule has 0 heterocycles. The predicted octanol–water partition coefficient (Wildman–Crippen LogP) is -0.153. The molecule has 0 aromatic rings. The van der Waals surface area contributed by atoms with Gasteiger partial charge in [-0.05, 0) is 20.8 Å². The summed E-state index contributed by atoms with van der Waals surface area (Å²) in [4.78, 5) is 23.2. The summed E-state index contributed by atoms with van der Waals surface area (Å²) >= 11 is 0. The Morgan fingerprint density at radius 2 is 1.62 bits per heavy atom. The molecule has 0 fully saturated rings. The Labute approximate surface area is 78.5 Å². The molecule has 4 nitrogen and oxygen atoms in total. The molecular formula is C9H17NO3. The molecule has 0 saturated heterocycles. The van der Waals surface area contributed by atoms with E-state index < -0.39 is 6.10 Å². The lowest BCUT2D eigenvalue weighted by molar-refractivity contribution is -0.121. The summed E-state index contributed by atoms with van der Waals surface area (Å²) in [6.45, 7) is 5.38. The average Bonchev–Trinajstić information content (AvgIpc) is 1.80. The zero-order valence-electron chi connectivity index (χ0n) is 8.41. The van der Waals surface area contributed by atoms with E-state index in [0.717, 1.165) is 0 Å². The Morgan fingerprint density at radius 1 is 1.23 bits per heavy atom. The molecule has 0 bridgehead atoms. The second-order valence-electron chi connectivity index (χ2n) is 3.42. The number of aliphatic hydroxyl groups excluding tert-OH is 1. The summed E-state index contributed by atoms with van der Waals surface area (Å²) in [6, 6.07) is 0. The number of carbonyl (C=O) groups is 2. The largest absolute Gasteiger partial charge is 0.392 e. The van der Waals surface area contributed by atoms with Crippen molar-refractivity contribution in [1.29, 1.82) is 0 Å². The molecule has 1 unspecified atom stereocenters. The van der Waals surface area contributed by atoms with Gasteiger partial charge in [0.15, 0.2) is 0 Å². The molecule has 0 aromatic carbocycles. The molecule has 1 atom stereocenters. The normalized spacial score (nSPS) is 13.0. The van der Waals surface area contributed by atoms with Crippen molar-refractivity contribution in [3.05, 3.63) is 0 Å². The van der Waals surface area contributed by atoms with Crippen molar-refractivity contribution in [3.63, 3.8) is 0 Å². The molecule has 0 radical (unpaired) electrons. The van der Waals surface area contributed by atoms with Crippen LogP contribution in [0.2, 0.25) is 0 Å². The van der Waals surface area contributed by atoms with Crippen molar-refractivity contribution in [1.82, 2.24) is 4.90 Å². The molecule has 0 aliphatic heterocycles. The molecule has 1 N–H and O–H groups in total. The first kappa shape index (κ1) is 12.3. The van der Waals surface area contributed by atoms with E-state index in [9.17, 15) is 9.59 Å². The third-order valence-corrected chi connectivity index (χ3v) is 1.41. The minimum Gasteiger partial charge on any atom is -0.392 e. The van der Waals surface area contributed by atoms with Gasteiger partial charge in [0.1, 0.15) is 11.6 Å². The zero-order valence-corrected chi connectivity index (χ0v) is 8.41. The van der Waals surface area contributed by atoms with Gasteiger partial charge in [-0.15, -0.1) is 0 Å². The number of aliphatic hydroxyl groups is 1. The Bertz CT molecular complexity index is 173. The Hall–Kier alpha value is -0.740. The van der Waals surface area contributed by atoms with E-state index in [1.165, 1.54) is 13.8 Å². The molecule has 0 aliphatic carbocycles. The second kappa shape index (κ2) is 5.83. The molecule has 4 heteroatoms. The maximum absolute atomic E-state index is 10.8. The van der Waals surface area contributed by atoms with Crippen molar-refractivity contribution in [3.8, 4) is 0 Å². The van der Waals surface area contributed by atoms with Crippen LogP contribution in [0.5, 0.6) is 0 Å². The van der Waals surface area contributed by atoms with Gasteiger partial charge < -0.3 is 5.11 Å². The highest BCUT2D eigenvalue weighted by atomic mass is 16.3.